The van der Waals surface area contributed by atoms with E-state index in [1.165, 1.54) is 5.56 Å². The van der Waals surface area contributed by atoms with Gasteiger partial charge in [0.1, 0.15) is 0 Å². The van der Waals surface area contributed by atoms with Gasteiger partial charge >= 0.3 is 0 Å². The summed E-state index contributed by atoms with van der Waals surface area (Å²) in [7, 11) is 0. The van der Waals surface area contributed by atoms with Gasteiger partial charge < -0.3 is 5.32 Å². The zero-order valence-electron chi connectivity index (χ0n) is 11.4. The van der Waals surface area contributed by atoms with Crippen LogP contribution in [0, 0.1) is 23.3 Å². The Bertz CT molecular complexity index is 773. The third-order valence-corrected chi connectivity index (χ3v) is 3.70. The van der Waals surface area contributed by atoms with E-state index in [0.717, 1.165) is 24.8 Å². The summed E-state index contributed by atoms with van der Waals surface area (Å²) < 4.78 is 52.8. The lowest BCUT2D eigenvalue weighted by Crippen LogP contribution is -2.16. The molecule has 0 spiro atoms. The molecule has 0 fully saturated rings. The van der Waals surface area contributed by atoms with Crippen LogP contribution >= 0.6 is 0 Å². The van der Waals surface area contributed by atoms with Crippen LogP contribution in [0.15, 0.2) is 24.3 Å². The van der Waals surface area contributed by atoms with E-state index in [2.05, 4.69) is 5.32 Å². The van der Waals surface area contributed by atoms with Crippen molar-refractivity contribution in [2.45, 2.75) is 19.3 Å². The van der Waals surface area contributed by atoms with Gasteiger partial charge in [-0.05, 0) is 48.6 Å². The molecule has 1 N–H and O–H groups in total. The van der Waals surface area contributed by atoms with E-state index >= 15 is 0 Å². The number of rotatable bonds is 2. The maximum atomic E-state index is 13.6. The van der Waals surface area contributed by atoms with Gasteiger partial charge in [-0.25, -0.2) is 17.6 Å². The summed E-state index contributed by atoms with van der Waals surface area (Å²) in [5, 5.41) is 2.37. The molecule has 0 aliphatic heterocycles. The SMILES string of the molecule is O=C(Nc1ccc2c(c1)CCC2)c1cc(F)c(F)c(F)c1F. The molecule has 1 aliphatic carbocycles. The summed E-state index contributed by atoms with van der Waals surface area (Å²) in [4.78, 5) is 11.9. The van der Waals surface area contributed by atoms with E-state index in [0.29, 0.717) is 11.8 Å². The predicted molar refractivity (Wildman–Crippen MR) is 72.7 cm³/mol. The Labute approximate surface area is 123 Å². The lowest BCUT2D eigenvalue weighted by molar-refractivity contribution is 0.102. The van der Waals surface area contributed by atoms with Crippen molar-refractivity contribution in [1.82, 2.24) is 0 Å². The zero-order chi connectivity index (χ0) is 15.9. The van der Waals surface area contributed by atoms with E-state index in [-0.39, 0.29) is 0 Å². The number of carbonyl (C=O) groups excluding carboxylic acids is 1. The van der Waals surface area contributed by atoms with E-state index in [4.69, 9.17) is 0 Å². The van der Waals surface area contributed by atoms with Crippen LogP contribution in [-0.4, -0.2) is 5.91 Å². The standard InChI is InChI=1S/C16H11F4NO/c17-12-7-11(13(18)15(20)14(12)19)16(22)21-10-5-4-8-2-1-3-9(8)6-10/h4-7H,1-3H2,(H,21,22). The molecule has 3 rings (SSSR count). The van der Waals surface area contributed by atoms with Crippen LogP contribution in [0.4, 0.5) is 23.2 Å². The first-order chi connectivity index (χ1) is 10.5. The number of fused-ring (bicyclic) bond motifs is 1. The topological polar surface area (TPSA) is 29.1 Å². The Kier molecular flexibility index (Phi) is 3.60. The molecule has 0 bridgehead atoms. The zero-order valence-corrected chi connectivity index (χ0v) is 11.4. The van der Waals surface area contributed by atoms with Gasteiger partial charge in [-0.2, -0.15) is 0 Å². The first-order valence-electron chi connectivity index (χ1n) is 6.73. The highest BCUT2D eigenvalue weighted by atomic mass is 19.2. The van der Waals surface area contributed by atoms with Crippen molar-refractivity contribution in [3.05, 3.63) is 64.2 Å². The van der Waals surface area contributed by atoms with Gasteiger partial charge in [-0.3, -0.25) is 4.79 Å². The fraction of sp³-hybridized carbons (Fsp3) is 0.188. The molecule has 1 amide bonds. The number of aryl methyl sites for hydroxylation is 2. The van der Waals surface area contributed by atoms with E-state index in [1.54, 1.807) is 12.1 Å². The number of halogens is 4. The second-order valence-corrected chi connectivity index (χ2v) is 5.14. The second-order valence-electron chi connectivity index (χ2n) is 5.14. The molecule has 2 nitrogen and oxygen atoms in total. The molecule has 1 aliphatic rings. The van der Waals surface area contributed by atoms with Gasteiger partial charge in [0.2, 0.25) is 0 Å². The maximum Gasteiger partial charge on any atom is 0.258 e. The summed E-state index contributed by atoms with van der Waals surface area (Å²) in [5.41, 5.74) is 1.78. The van der Waals surface area contributed by atoms with Crippen LogP contribution in [0.5, 0.6) is 0 Å². The number of anilines is 1. The molecule has 22 heavy (non-hydrogen) atoms. The van der Waals surface area contributed by atoms with E-state index < -0.39 is 34.7 Å². The lowest BCUT2D eigenvalue weighted by Gasteiger charge is -2.09. The number of carbonyl (C=O) groups is 1. The average Bonchev–Trinajstić information content (AvgIpc) is 2.96. The first kappa shape index (κ1) is 14.6. The van der Waals surface area contributed by atoms with Crippen LogP contribution in [0.25, 0.3) is 0 Å². The third-order valence-electron chi connectivity index (χ3n) is 3.70. The number of hydrogen-bond acceptors (Lipinski definition) is 1. The Morgan fingerprint density at radius 3 is 2.41 bits per heavy atom. The lowest BCUT2D eigenvalue weighted by atomic mass is 10.1. The predicted octanol–water partition coefficient (Wildman–Crippen LogP) is 3.98. The van der Waals surface area contributed by atoms with Gasteiger partial charge in [-0.1, -0.05) is 6.07 Å². The monoisotopic (exact) mass is 309 g/mol. The minimum absolute atomic E-state index is 0.344. The molecule has 0 unspecified atom stereocenters. The first-order valence-corrected chi connectivity index (χ1v) is 6.73. The maximum absolute atomic E-state index is 13.6. The molecule has 6 heteroatoms. The molecule has 0 heterocycles. The summed E-state index contributed by atoms with van der Waals surface area (Å²) in [6.07, 6.45) is 2.87. The molecule has 0 saturated carbocycles. The van der Waals surface area contributed by atoms with Crippen molar-refractivity contribution in [2.24, 2.45) is 0 Å². The Hall–Kier alpha value is -2.37. The third kappa shape index (κ3) is 2.45. The molecular formula is C16H11F4NO. The van der Waals surface area contributed by atoms with Gasteiger partial charge in [0.25, 0.3) is 5.91 Å². The quantitative estimate of drug-likeness (QED) is 0.507. The molecule has 114 valence electrons. The fourth-order valence-corrected chi connectivity index (χ4v) is 2.59. The van der Waals surface area contributed by atoms with Crippen molar-refractivity contribution in [1.29, 1.82) is 0 Å². The molecular weight excluding hydrogens is 298 g/mol. The van der Waals surface area contributed by atoms with Crippen molar-refractivity contribution >= 4 is 11.6 Å². The number of benzene rings is 2. The Balaban J connectivity index is 1.89. The molecule has 0 saturated heterocycles. The summed E-state index contributed by atoms with van der Waals surface area (Å²) >= 11 is 0. The molecule has 0 atom stereocenters. The largest absolute Gasteiger partial charge is 0.322 e. The average molecular weight is 309 g/mol. The van der Waals surface area contributed by atoms with Crippen molar-refractivity contribution < 1.29 is 22.4 Å². The second kappa shape index (κ2) is 5.44. The van der Waals surface area contributed by atoms with Crippen LogP contribution in [-0.2, 0) is 12.8 Å². The molecule has 0 aromatic heterocycles. The van der Waals surface area contributed by atoms with Crippen molar-refractivity contribution in [2.75, 3.05) is 5.32 Å². The van der Waals surface area contributed by atoms with Crippen LogP contribution in [0.3, 0.4) is 0 Å². The van der Waals surface area contributed by atoms with E-state index in [1.807, 2.05) is 6.07 Å². The van der Waals surface area contributed by atoms with Crippen molar-refractivity contribution in [3.63, 3.8) is 0 Å². The summed E-state index contributed by atoms with van der Waals surface area (Å²) in [6, 6.07) is 5.57. The minimum Gasteiger partial charge on any atom is -0.322 e. The van der Waals surface area contributed by atoms with Crippen molar-refractivity contribution in [3.8, 4) is 0 Å². The van der Waals surface area contributed by atoms with E-state index in [9.17, 15) is 22.4 Å². The van der Waals surface area contributed by atoms with Crippen LogP contribution < -0.4 is 5.32 Å². The molecule has 2 aromatic carbocycles. The van der Waals surface area contributed by atoms with Crippen LogP contribution in [0.2, 0.25) is 0 Å². The van der Waals surface area contributed by atoms with Crippen LogP contribution in [0.1, 0.15) is 27.9 Å². The minimum atomic E-state index is -2.00. The summed E-state index contributed by atoms with van der Waals surface area (Å²) in [5.74, 6) is -8.30. The van der Waals surface area contributed by atoms with Gasteiger partial charge in [0.15, 0.2) is 23.3 Å². The number of amides is 1. The van der Waals surface area contributed by atoms with Gasteiger partial charge in [0, 0.05) is 5.69 Å². The Morgan fingerprint density at radius 2 is 1.64 bits per heavy atom. The summed E-state index contributed by atoms with van der Waals surface area (Å²) in [6.45, 7) is 0. The molecule has 2 aromatic rings. The highest BCUT2D eigenvalue weighted by molar-refractivity contribution is 6.04. The number of hydrogen-bond donors (Lipinski definition) is 1. The van der Waals surface area contributed by atoms with Gasteiger partial charge in [0.05, 0.1) is 5.56 Å². The fourth-order valence-electron chi connectivity index (χ4n) is 2.59. The molecule has 0 radical (unpaired) electrons. The number of nitrogens with one attached hydrogen (secondary N) is 1. The normalized spacial score (nSPS) is 13.1. The smallest absolute Gasteiger partial charge is 0.258 e. The Morgan fingerprint density at radius 1 is 0.909 bits per heavy atom. The highest BCUT2D eigenvalue weighted by Gasteiger charge is 2.23. The van der Waals surface area contributed by atoms with Gasteiger partial charge in [-0.15, -0.1) is 0 Å². The highest BCUT2D eigenvalue weighted by Crippen LogP contribution is 2.26.